The Labute approximate surface area is 127 Å². The van der Waals surface area contributed by atoms with Crippen LogP contribution in [0.3, 0.4) is 0 Å². The summed E-state index contributed by atoms with van der Waals surface area (Å²) in [6, 6.07) is 11.1. The van der Waals surface area contributed by atoms with E-state index in [1.165, 1.54) is 11.3 Å². The molecule has 0 aliphatic heterocycles. The molecule has 0 saturated heterocycles. The van der Waals surface area contributed by atoms with E-state index in [1.54, 1.807) is 13.2 Å². The van der Waals surface area contributed by atoms with Gasteiger partial charge in [0, 0.05) is 17.6 Å². The lowest BCUT2D eigenvalue weighted by molar-refractivity contribution is 0.0940. The highest BCUT2D eigenvalue weighted by Gasteiger charge is 2.13. The van der Waals surface area contributed by atoms with Crippen molar-refractivity contribution in [3.63, 3.8) is 0 Å². The van der Waals surface area contributed by atoms with E-state index >= 15 is 0 Å². The molecular formula is C15H16ClNO2S. The van der Waals surface area contributed by atoms with Gasteiger partial charge in [-0.2, -0.15) is 0 Å². The summed E-state index contributed by atoms with van der Waals surface area (Å²) in [6.07, 6.45) is 0. The van der Waals surface area contributed by atoms with Crippen molar-refractivity contribution in [1.29, 1.82) is 0 Å². The Morgan fingerprint density at radius 2 is 2.20 bits per heavy atom. The predicted octanol–water partition coefficient (Wildman–Crippen LogP) is 4.04. The molecule has 1 unspecified atom stereocenters. The van der Waals surface area contributed by atoms with E-state index in [-0.39, 0.29) is 11.9 Å². The third-order valence-corrected chi connectivity index (χ3v) is 4.28. The Morgan fingerprint density at radius 1 is 1.40 bits per heavy atom. The summed E-state index contributed by atoms with van der Waals surface area (Å²) >= 11 is 7.38. The van der Waals surface area contributed by atoms with Gasteiger partial charge in [0.2, 0.25) is 0 Å². The number of benzene rings is 1. The Hall–Kier alpha value is -1.36. The summed E-state index contributed by atoms with van der Waals surface area (Å²) in [4.78, 5) is 13.2. The van der Waals surface area contributed by atoms with Gasteiger partial charge in [0.05, 0.1) is 17.0 Å². The molecule has 20 heavy (non-hydrogen) atoms. The van der Waals surface area contributed by atoms with Gasteiger partial charge in [-0.1, -0.05) is 23.7 Å². The highest BCUT2D eigenvalue weighted by atomic mass is 35.5. The smallest absolute Gasteiger partial charge is 0.251 e. The van der Waals surface area contributed by atoms with E-state index in [0.717, 1.165) is 14.8 Å². The molecule has 0 aliphatic carbocycles. The molecule has 1 atom stereocenters. The van der Waals surface area contributed by atoms with Crippen molar-refractivity contribution in [3.05, 3.63) is 56.7 Å². The molecule has 106 valence electrons. The Morgan fingerprint density at radius 3 is 2.85 bits per heavy atom. The van der Waals surface area contributed by atoms with Crippen LogP contribution in [-0.2, 0) is 11.3 Å². The molecule has 1 amide bonds. The number of carbonyl (C=O) groups is 1. The monoisotopic (exact) mass is 309 g/mol. The molecule has 1 N–H and O–H groups in total. The van der Waals surface area contributed by atoms with Crippen LogP contribution in [0.25, 0.3) is 0 Å². The first-order valence-corrected chi connectivity index (χ1v) is 7.43. The zero-order valence-electron chi connectivity index (χ0n) is 11.4. The SMILES string of the molecule is COCc1cccc(C(=O)NC(C)c2ccc(Cl)s2)c1. The predicted molar refractivity (Wildman–Crippen MR) is 82.4 cm³/mol. The largest absolute Gasteiger partial charge is 0.380 e. The summed E-state index contributed by atoms with van der Waals surface area (Å²) in [7, 11) is 1.63. The Kier molecular flexibility index (Phi) is 5.17. The number of carbonyl (C=O) groups excluding carboxylic acids is 1. The number of halogens is 1. The molecule has 5 heteroatoms. The van der Waals surface area contributed by atoms with Crippen molar-refractivity contribution in [3.8, 4) is 0 Å². The standard InChI is InChI=1S/C15H16ClNO2S/c1-10(13-6-7-14(16)20-13)17-15(18)12-5-3-4-11(8-12)9-19-2/h3-8,10H,9H2,1-2H3,(H,17,18). The highest BCUT2D eigenvalue weighted by molar-refractivity contribution is 7.16. The molecule has 1 aromatic carbocycles. The van der Waals surface area contributed by atoms with Crippen molar-refractivity contribution in [2.75, 3.05) is 7.11 Å². The second kappa shape index (κ2) is 6.88. The molecule has 0 aliphatic rings. The first-order valence-electron chi connectivity index (χ1n) is 6.24. The molecule has 2 rings (SSSR count). The van der Waals surface area contributed by atoms with E-state index in [1.807, 2.05) is 37.3 Å². The Balaban J connectivity index is 2.06. The van der Waals surface area contributed by atoms with E-state index in [4.69, 9.17) is 16.3 Å². The van der Waals surface area contributed by atoms with Gasteiger partial charge in [-0.05, 0) is 36.8 Å². The minimum atomic E-state index is -0.0972. The number of thiophene rings is 1. The zero-order valence-corrected chi connectivity index (χ0v) is 12.9. The van der Waals surface area contributed by atoms with Gasteiger partial charge in [-0.25, -0.2) is 0 Å². The summed E-state index contributed by atoms with van der Waals surface area (Å²) in [5.41, 5.74) is 1.61. The maximum absolute atomic E-state index is 12.2. The number of hydrogen-bond donors (Lipinski definition) is 1. The van der Waals surface area contributed by atoms with Gasteiger partial charge >= 0.3 is 0 Å². The van der Waals surface area contributed by atoms with Crippen LogP contribution in [0.15, 0.2) is 36.4 Å². The van der Waals surface area contributed by atoms with Crippen LogP contribution in [0, 0.1) is 0 Å². The highest BCUT2D eigenvalue weighted by Crippen LogP contribution is 2.26. The van der Waals surface area contributed by atoms with E-state index in [0.29, 0.717) is 12.2 Å². The van der Waals surface area contributed by atoms with Crippen molar-refractivity contribution >= 4 is 28.8 Å². The second-order valence-electron chi connectivity index (χ2n) is 4.47. The maximum atomic E-state index is 12.2. The van der Waals surface area contributed by atoms with Gasteiger partial charge in [-0.3, -0.25) is 4.79 Å². The number of ether oxygens (including phenoxy) is 1. The van der Waals surface area contributed by atoms with E-state index < -0.39 is 0 Å². The first-order chi connectivity index (χ1) is 9.60. The maximum Gasteiger partial charge on any atom is 0.251 e. The fourth-order valence-corrected chi connectivity index (χ4v) is 2.94. The number of methoxy groups -OCH3 is 1. The van der Waals surface area contributed by atoms with Crippen LogP contribution in [0.2, 0.25) is 4.34 Å². The topological polar surface area (TPSA) is 38.3 Å². The normalized spacial score (nSPS) is 12.2. The third-order valence-electron chi connectivity index (χ3n) is 2.87. The van der Waals surface area contributed by atoms with Crippen LogP contribution in [0.5, 0.6) is 0 Å². The number of nitrogens with one attached hydrogen (secondary N) is 1. The van der Waals surface area contributed by atoms with Crippen molar-refractivity contribution < 1.29 is 9.53 Å². The van der Waals surface area contributed by atoms with Crippen LogP contribution >= 0.6 is 22.9 Å². The van der Waals surface area contributed by atoms with Gasteiger partial charge < -0.3 is 10.1 Å². The molecule has 0 fully saturated rings. The number of hydrogen-bond acceptors (Lipinski definition) is 3. The summed E-state index contributed by atoms with van der Waals surface area (Å²) in [5.74, 6) is -0.0972. The molecule has 3 nitrogen and oxygen atoms in total. The van der Waals surface area contributed by atoms with Gasteiger partial charge in [0.1, 0.15) is 0 Å². The van der Waals surface area contributed by atoms with Gasteiger partial charge in [0.25, 0.3) is 5.91 Å². The van der Waals surface area contributed by atoms with E-state index in [2.05, 4.69) is 5.32 Å². The number of amides is 1. The minimum absolute atomic E-state index is 0.0638. The zero-order chi connectivity index (χ0) is 14.5. The van der Waals surface area contributed by atoms with E-state index in [9.17, 15) is 4.79 Å². The molecule has 0 radical (unpaired) electrons. The molecular weight excluding hydrogens is 294 g/mol. The van der Waals surface area contributed by atoms with Crippen LogP contribution < -0.4 is 5.32 Å². The Bertz CT molecular complexity index is 597. The second-order valence-corrected chi connectivity index (χ2v) is 6.22. The molecule has 0 bridgehead atoms. The summed E-state index contributed by atoms with van der Waals surface area (Å²) in [6.45, 7) is 2.44. The molecule has 1 aromatic heterocycles. The molecule has 0 spiro atoms. The fraction of sp³-hybridized carbons (Fsp3) is 0.267. The van der Waals surface area contributed by atoms with Crippen LogP contribution in [0.4, 0.5) is 0 Å². The number of rotatable bonds is 5. The molecule has 0 saturated carbocycles. The summed E-state index contributed by atoms with van der Waals surface area (Å²) in [5, 5.41) is 2.97. The average Bonchev–Trinajstić information content (AvgIpc) is 2.86. The lowest BCUT2D eigenvalue weighted by Crippen LogP contribution is -2.26. The molecule has 1 heterocycles. The lowest BCUT2D eigenvalue weighted by Gasteiger charge is -2.12. The average molecular weight is 310 g/mol. The lowest BCUT2D eigenvalue weighted by atomic mass is 10.1. The van der Waals surface area contributed by atoms with Crippen molar-refractivity contribution in [1.82, 2.24) is 5.32 Å². The fourth-order valence-electron chi connectivity index (χ4n) is 1.88. The first kappa shape index (κ1) is 15.0. The van der Waals surface area contributed by atoms with Crippen molar-refractivity contribution in [2.24, 2.45) is 0 Å². The van der Waals surface area contributed by atoms with Crippen LogP contribution in [0.1, 0.15) is 33.8 Å². The molecule has 2 aromatic rings. The summed E-state index contributed by atoms with van der Waals surface area (Å²) < 4.78 is 5.80. The van der Waals surface area contributed by atoms with Gasteiger partial charge in [0.15, 0.2) is 0 Å². The quantitative estimate of drug-likeness (QED) is 0.905. The van der Waals surface area contributed by atoms with Gasteiger partial charge in [-0.15, -0.1) is 11.3 Å². The minimum Gasteiger partial charge on any atom is -0.380 e. The van der Waals surface area contributed by atoms with Crippen molar-refractivity contribution in [2.45, 2.75) is 19.6 Å². The third kappa shape index (κ3) is 3.82. The van der Waals surface area contributed by atoms with Crippen LogP contribution in [-0.4, -0.2) is 13.0 Å².